The Morgan fingerprint density at radius 3 is 1.59 bits per heavy atom. The summed E-state index contributed by atoms with van der Waals surface area (Å²) >= 11 is 4.11. The number of fused-ring (bicyclic) bond motifs is 2. The van der Waals surface area contributed by atoms with E-state index in [0.717, 1.165) is 24.7 Å². The molecule has 4 heterocycles. The summed E-state index contributed by atoms with van der Waals surface area (Å²) in [7, 11) is 0. The van der Waals surface area contributed by atoms with Crippen LogP contribution in [0.4, 0.5) is 0 Å². The van der Waals surface area contributed by atoms with Gasteiger partial charge in [0.15, 0.2) is 0 Å². The summed E-state index contributed by atoms with van der Waals surface area (Å²) in [6.45, 7) is 19.2. The van der Waals surface area contributed by atoms with Gasteiger partial charge < -0.3 is 9.80 Å². The molecule has 2 saturated heterocycles. The normalized spacial score (nSPS) is 23.5. The highest BCUT2D eigenvalue weighted by Crippen LogP contribution is 2.40. The maximum Gasteiger partial charge on any atom is 0.0129 e. The summed E-state index contributed by atoms with van der Waals surface area (Å²) in [5.41, 5.74) is 12.2. The second-order valence-electron chi connectivity index (χ2n) is 18.5. The molecule has 0 saturated carbocycles. The smallest absolute Gasteiger partial charge is 0.0129 e. The van der Waals surface area contributed by atoms with Crippen LogP contribution in [0.1, 0.15) is 92.7 Å². The molecule has 0 unspecified atom stereocenters. The fourth-order valence-electron chi connectivity index (χ4n) is 9.77. The molecule has 4 aliphatic rings. The lowest BCUT2D eigenvalue weighted by atomic mass is 9.89. The number of allylic oxidation sites excluding steroid dienone is 2. The van der Waals surface area contributed by atoms with E-state index >= 15 is 0 Å². The molecule has 4 heteroatoms. The predicted molar refractivity (Wildman–Crippen MR) is 258 cm³/mol. The molecule has 0 spiro atoms. The largest absolute Gasteiger partial charge is 0.303 e. The van der Waals surface area contributed by atoms with Crippen molar-refractivity contribution < 1.29 is 0 Å². The summed E-state index contributed by atoms with van der Waals surface area (Å²) in [6.07, 6.45) is 17.7. The molecule has 4 aliphatic heterocycles. The summed E-state index contributed by atoms with van der Waals surface area (Å²) in [5.74, 6) is 4.28. The van der Waals surface area contributed by atoms with E-state index < -0.39 is 0 Å². The Bertz CT molecular complexity index is 1950. The lowest BCUT2D eigenvalue weighted by molar-refractivity contribution is 0.186. The van der Waals surface area contributed by atoms with Gasteiger partial charge in [0, 0.05) is 33.9 Å². The number of aryl methyl sites for hydroxylation is 2. The van der Waals surface area contributed by atoms with Crippen LogP contribution in [-0.4, -0.2) is 60.1 Å². The molecule has 3 atom stereocenters. The zero-order valence-corrected chi connectivity index (χ0v) is 38.6. The summed E-state index contributed by atoms with van der Waals surface area (Å²) in [6, 6.07) is 36.0. The van der Waals surface area contributed by atoms with E-state index in [1.54, 1.807) is 11.1 Å². The Balaban J connectivity index is 0.000000179. The summed E-state index contributed by atoms with van der Waals surface area (Å²) < 4.78 is 0. The van der Waals surface area contributed by atoms with Crippen LogP contribution in [0, 0.1) is 37.5 Å². The van der Waals surface area contributed by atoms with Crippen molar-refractivity contribution in [2.75, 3.05) is 45.0 Å². The standard InChI is InChI=1S/C28H37NS.C27H35NS/c1-21-11-12-28-27(18-21)20-26(22(2)23(3)30-28)10-7-15-29-16-13-25(14-17-29)19-24-8-5-4-6-9-24;1-21-10-11-27-26(17-21)19-25(22(2)20-29-27)9-6-14-28-15-12-24(13-16-28)18-23-7-4-3-5-8-23/h4-6,8-12,18,22-23,25H,7,13-17,19-20H2,1-3H3;3-5,7-11,17,22,24H,6,12-16,18-20H2,1-2H3/b26-10-;25-9+/t22-,23+;22-/m00/s1. The van der Waals surface area contributed by atoms with Gasteiger partial charge >= 0.3 is 0 Å². The van der Waals surface area contributed by atoms with Crippen LogP contribution in [0.2, 0.25) is 0 Å². The van der Waals surface area contributed by atoms with E-state index in [-0.39, 0.29) is 0 Å². The number of likely N-dealkylation sites (tertiary alicyclic amines) is 2. The van der Waals surface area contributed by atoms with Crippen LogP contribution in [0.5, 0.6) is 0 Å². The third-order valence-corrected chi connectivity index (χ3v) is 16.6. The molecule has 314 valence electrons. The second-order valence-corrected chi connectivity index (χ2v) is 21.0. The highest BCUT2D eigenvalue weighted by molar-refractivity contribution is 8.00. The average Bonchev–Trinajstić information content (AvgIpc) is 3.47. The van der Waals surface area contributed by atoms with Crippen molar-refractivity contribution in [2.45, 2.75) is 114 Å². The minimum atomic E-state index is 0.647. The van der Waals surface area contributed by atoms with Gasteiger partial charge in [0.1, 0.15) is 0 Å². The van der Waals surface area contributed by atoms with Gasteiger partial charge in [-0.3, -0.25) is 0 Å². The minimum absolute atomic E-state index is 0.647. The van der Waals surface area contributed by atoms with Gasteiger partial charge in [-0.25, -0.2) is 0 Å². The van der Waals surface area contributed by atoms with Gasteiger partial charge in [-0.1, -0.05) is 140 Å². The molecule has 4 aromatic carbocycles. The molecule has 0 amide bonds. The van der Waals surface area contributed by atoms with Crippen molar-refractivity contribution in [3.8, 4) is 0 Å². The van der Waals surface area contributed by atoms with Crippen LogP contribution < -0.4 is 0 Å². The highest BCUT2D eigenvalue weighted by Gasteiger charge is 2.25. The Morgan fingerprint density at radius 1 is 0.576 bits per heavy atom. The maximum atomic E-state index is 2.69. The van der Waals surface area contributed by atoms with Crippen molar-refractivity contribution in [3.63, 3.8) is 0 Å². The quantitative estimate of drug-likeness (QED) is 0.147. The first kappa shape index (κ1) is 44.0. The summed E-state index contributed by atoms with van der Waals surface area (Å²) in [5, 5.41) is 0.647. The molecule has 0 aliphatic carbocycles. The monoisotopic (exact) mass is 825 g/mol. The topological polar surface area (TPSA) is 6.48 Å². The number of hydrogen-bond acceptors (Lipinski definition) is 4. The number of nitrogens with zero attached hydrogens (tertiary/aromatic N) is 2. The Morgan fingerprint density at radius 2 is 1.05 bits per heavy atom. The van der Waals surface area contributed by atoms with Gasteiger partial charge in [-0.15, -0.1) is 23.5 Å². The maximum absolute atomic E-state index is 2.69. The van der Waals surface area contributed by atoms with Gasteiger partial charge in [-0.05, 0) is 162 Å². The van der Waals surface area contributed by atoms with Crippen molar-refractivity contribution in [1.82, 2.24) is 9.80 Å². The molecule has 0 radical (unpaired) electrons. The van der Waals surface area contributed by atoms with Crippen LogP contribution >= 0.6 is 23.5 Å². The van der Waals surface area contributed by atoms with E-state index in [2.05, 4.69) is 165 Å². The Labute approximate surface area is 367 Å². The van der Waals surface area contributed by atoms with E-state index in [1.807, 2.05) is 11.8 Å². The van der Waals surface area contributed by atoms with Gasteiger partial charge in [0.25, 0.3) is 0 Å². The lowest BCUT2D eigenvalue weighted by Gasteiger charge is -2.32. The van der Waals surface area contributed by atoms with E-state index in [9.17, 15) is 0 Å². The van der Waals surface area contributed by atoms with Crippen LogP contribution in [0.3, 0.4) is 0 Å². The number of hydrogen-bond donors (Lipinski definition) is 0. The molecule has 0 N–H and O–H groups in total. The zero-order chi connectivity index (χ0) is 41.0. The van der Waals surface area contributed by atoms with E-state index in [4.69, 9.17) is 0 Å². The molecule has 0 bridgehead atoms. The highest BCUT2D eigenvalue weighted by atomic mass is 32.2. The van der Waals surface area contributed by atoms with E-state index in [0.29, 0.717) is 17.1 Å². The Kier molecular flexibility index (Phi) is 16.6. The fraction of sp³-hybridized carbons (Fsp3) is 0.491. The first-order valence-corrected chi connectivity index (χ1v) is 25.0. The van der Waals surface area contributed by atoms with E-state index in [1.165, 1.54) is 140 Å². The van der Waals surface area contributed by atoms with Gasteiger partial charge in [0.05, 0.1) is 0 Å². The molecule has 59 heavy (non-hydrogen) atoms. The number of piperidine rings is 2. The number of rotatable bonds is 10. The van der Waals surface area contributed by atoms with Crippen molar-refractivity contribution >= 4 is 23.5 Å². The third kappa shape index (κ3) is 13.2. The molecule has 2 fully saturated rings. The first-order valence-electron chi connectivity index (χ1n) is 23.1. The Hall–Kier alpha value is -3.02. The molecule has 2 nitrogen and oxygen atoms in total. The fourth-order valence-corrected chi connectivity index (χ4v) is 12.1. The van der Waals surface area contributed by atoms with Crippen LogP contribution in [0.15, 0.2) is 130 Å². The predicted octanol–water partition coefficient (Wildman–Crippen LogP) is 13.5. The minimum Gasteiger partial charge on any atom is -0.303 e. The third-order valence-electron chi connectivity index (χ3n) is 13.8. The summed E-state index contributed by atoms with van der Waals surface area (Å²) in [4.78, 5) is 8.36. The van der Waals surface area contributed by atoms with Crippen molar-refractivity contribution in [2.24, 2.45) is 23.7 Å². The lowest BCUT2D eigenvalue weighted by Crippen LogP contribution is -2.34. The molecule has 8 rings (SSSR count). The molecular formula is C55H72N2S2. The number of thioether (sulfide) groups is 2. The second kappa shape index (κ2) is 22.2. The van der Waals surface area contributed by atoms with Crippen molar-refractivity contribution in [1.29, 1.82) is 0 Å². The SMILES string of the molecule is Cc1ccc2c(c1)C/C(=C/CCN1CCC(Cc3ccccc3)CC1)[C@@H](C)[C@@H](C)S2.Cc1ccc2c(c1)C/C(=C\CCN1CCC(Cc3ccccc3)CC1)[C@@H](C)CS2. The average molecular weight is 825 g/mol. The molecule has 4 aromatic rings. The number of benzene rings is 4. The molecule has 0 aromatic heterocycles. The van der Waals surface area contributed by atoms with Crippen molar-refractivity contribution in [3.05, 3.63) is 154 Å². The van der Waals surface area contributed by atoms with Gasteiger partial charge in [0.2, 0.25) is 0 Å². The van der Waals surface area contributed by atoms with Crippen LogP contribution in [0.25, 0.3) is 0 Å². The first-order chi connectivity index (χ1) is 28.8. The zero-order valence-electron chi connectivity index (χ0n) is 37.0. The van der Waals surface area contributed by atoms with Gasteiger partial charge in [-0.2, -0.15) is 0 Å². The molecular weight excluding hydrogens is 753 g/mol. The van der Waals surface area contributed by atoms with Crippen LogP contribution in [-0.2, 0) is 25.7 Å².